The fourth-order valence-electron chi connectivity index (χ4n) is 3.41. The van der Waals surface area contributed by atoms with Gasteiger partial charge < -0.3 is 11.1 Å². The molecule has 0 aromatic carbocycles. The van der Waals surface area contributed by atoms with Gasteiger partial charge in [0.05, 0.1) is 0 Å². The van der Waals surface area contributed by atoms with E-state index in [-0.39, 0.29) is 5.54 Å². The third-order valence-electron chi connectivity index (χ3n) is 4.86. The summed E-state index contributed by atoms with van der Waals surface area (Å²) in [5.74, 6) is 2.01. The monoisotopic (exact) mass is 238 g/mol. The fourth-order valence-corrected chi connectivity index (χ4v) is 3.41. The number of rotatable bonds is 5. The van der Waals surface area contributed by atoms with E-state index in [4.69, 9.17) is 5.73 Å². The van der Waals surface area contributed by atoms with Crippen molar-refractivity contribution in [1.29, 1.82) is 0 Å². The zero-order valence-electron chi connectivity index (χ0n) is 11.2. The number of nitrogens with two attached hydrogens (primary N) is 1. The molecule has 2 rings (SSSR count). The van der Waals surface area contributed by atoms with Crippen molar-refractivity contribution in [3.05, 3.63) is 0 Å². The molecule has 2 fully saturated rings. The number of fused-ring (bicyclic) bond motifs is 1. The lowest BCUT2D eigenvalue weighted by Crippen LogP contribution is -2.47. The quantitative estimate of drug-likeness (QED) is 0.770. The number of hydrogen-bond donors (Lipinski definition) is 2. The molecule has 0 bridgehead atoms. The molecule has 0 aliphatic heterocycles. The van der Waals surface area contributed by atoms with Crippen molar-refractivity contribution in [2.45, 2.75) is 57.9 Å². The highest BCUT2D eigenvalue weighted by Gasteiger charge is 2.55. The van der Waals surface area contributed by atoms with E-state index in [0.29, 0.717) is 30.2 Å². The smallest absolute Gasteiger partial charge is 0.224 e. The molecule has 2 aliphatic carbocycles. The first-order chi connectivity index (χ1) is 8.11. The highest BCUT2D eigenvalue weighted by molar-refractivity contribution is 5.83. The molecular formula is C14H26N2O. The molecule has 0 radical (unpaired) electrons. The summed E-state index contributed by atoms with van der Waals surface area (Å²) in [7, 11) is 0. The van der Waals surface area contributed by atoms with Gasteiger partial charge >= 0.3 is 0 Å². The van der Waals surface area contributed by atoms with Gasteiger partial charge in [-0.2, -0.15) is 0 Å². The van der Waals surface area contributed by atoms with Crippen LogP contribution in [0.15, 0.2) is 0 Å². The maximum Gasteiger partial charge on any atom is 0.224 e. The van der Waals surface area contributed by atoms with E-state index in [0.717, 1.165) is 12.8 Å². The van der Waals surface area contributed by atoms with Crippen LogP contribution in [0.1, 0.15) is 52.4 Å². The lowest BCUT2D eigenvalue weighted by atomic mass is 9.94. The van der Waals surface area contributed by atoms with Crippen LogP contribution < -0.4 is 11.1 Å². The Balaban J connectivity index is 1.88. The summed E-state index contributed by atoms with van der Waals surface area (Å²) in [6, 6.07) is 0. The van der Waals surface area contributed by atoms with Gasteiger partial charge in [0, 0.05) is 11.5 Å². The van der Waals surface area contributed by atoms with Gasteiger partial charge in [-0.3, -0.25) is 4.79 Å². The maximum absolute atomic E-state index is 12.3. The van der Waals surface area contributed by atoms with Gasteiger partial charge in [-0.15, -0.1) is 0 Å². The number of nitrogens with one attached hydrogen (secondary N) is 1. The largest absolute Gasteiger partial charge is 0.351 e. The lowest BCUT2D eigenvalue weighted by molar-refractivity contribution is -0.124. The second-order valence-electron chi connectivity index (χ2n) is 6.08. The van der Waals surface area contributed by atoms with Crippen LogP contribution in [0.4, 0.5) is 0 Å². The summed E-state index contributed by atoms with van der Waals surface area (Å²) < 4.78 is 0. The zero-order chi connectivity index (χ0) is 12.5. The molecule has 0 aromatic heterocycles. The van der Waals surface area contributed by atoms with Crippen LogP contribution in [0.25, 0.3) is 0 Å². The van der Waals surface area contributed by atoms with Crippen molar-refractivity contribution in [3.63, 3.8) is 0 Å². The van der Waals surface area contributed by atoms with E-state index in [1.54, 1.807) is 0 Å². The lowest BCUT2D eigenvalue weighted by Gasteiger charge is -2.29. The van der Waals surface area contributed by atoms with Crippen LogP contribution in [0, 0.1) is 17.8 Å². The molecule has 3 atom stereocenters. The third kappa shape index (κ3) is 2.65. The summed E-state index contributed by atoms with van der Waals surface area (Å²) in [5, 5.41) is 3.24. The molecule has 0 spiro atoms. The van der Waals surface area contributed by atoms with Crippen LogP contribution in [0.3, 0.4) is 0 Å². The van der Waals surface area contributed by atoms with E-state index in [1.807, 2.05) is 0 Å². The van der Waals surface area contributed by atoms with Gasteiger partial charge in [0.2, 0.25) is 5.91 Å². The van der Waals surface area contributed by atoms with E-state index < -0.39 is 0 Å². The average molecular weight is 238 g/mol. The molecule has 98 valence electrons. The molecule has 3 heteroatoms. The predicted octanol–water partition coefficient (Wildman–Crippen LogP) is 2.06. The Bertz CT molecular complexity index is 280. The fraction of sp³-hybridized carbons (Fsp3) is 0.929. The highest BCUT2D eigenvalue weighted by Crippen LogP contribution is 2.55. The summed E-state index contributed by atoms with van der Waals surface area (Å²) in [6.07, 6.45) is 7.00. The van der Waals surface area contributed by atoms with Gasteiger partial charge in [0.15, 0.2) is 0 Å². The second kappa shape index (κ2) is 4.97. The second-order valence-corrected chi connectivity index (χ2v) is 6.08. The first-order valence-electron chi connectivity index (χ1n) is 7.13. The maximum atomic E-state index is 12.3. The minimum atomic E-state index is -0.0996. The Morgan fingerprint density at radius 1 is 1.35 bits per heavy atom. The van der Waals surface area contributed by atoms with Gasteiger partial charge in [0.25, 0.3) is 0 Å². The topological polar surface area (TPSA) is 55.1 Å². The van der Waals surface area contributed by atoms with Crippen molar-refractivity contribution < 1.29 is 4.79 Å². The molecule has 17 heavy (non-hydrogen) atoms. The van der Waals surface area contributed by atoms with Gasteiger partial charge in [-0.1, -0.05) is 19.8 Å². The Kier molecular flexibility index (Phi) is 3.76. The molecule has 0 heterocycles. The Labute approximate surface area is 105 Å². The number of hydrogen-bond acceptors (Lipinski definition) is 2. The molecule has 3 N–H and O–H groups in total. The van der Waals surface area contributed by atoms with Gasteiger partial charge in [-0.05, 0) is 51.0 Å². The van der Waals surface area contributed by atoms with Crippen LogP contribution in [-0.4, -0.2) is 18.0 Å². The van der Waals surface area contributed by atoms with Crippen molar-refractivity contribution in [3.8, 4) is 0 Å². The molecule has 2 saturated carbocycles. The van der Waals surface area contributed by atoms with Crippen LogP contribution in [-0.2, 0) is 4.79 Å². The van der Waals surface area contributed by atoms with Crippen LogP contribution >= 0.6 is 0 Å². The number of amides is 1. The van der Waals surface area contributed by atoms with Crippen molar-refractivity contribution in [2.75, 3.05) is 6.54 Å². The normalized spacial score (nSPS) is 34.6. The minimum Gasteiger partial charge on any atom is -0.351 e. The molecule has 2 aliphatic rings. The van der Waals surface area contributed by atoms with E-state index in [2.05, 4.69) is 19.2 Å². The van der Waals surface area contributed by atoms with E-state index >= 15 is 0 Å². The molecule has 0 saturated heterocycles. The summed E-state index contributed by atoms with van der Waals surface area (Å²) >= 11 is 0. The van der Waals surface area contributed by atoms with Gasteiger partial charge in [-0.25, -0.2) is 0 Å². The Hall–Kier alpha value is -0.570. The van der Waals surface area contributed by atoms with Crippen LogP contribution in [0.5, 0.6) is 0 Å². The standard InChI is InChI=1S/C14H26N2O/c1-3-14(2,8-9-15)16-13(17)12-10-6-4-5-7-11(10)12/h10-12H,3-9,15H2,1-2H3,(H,16,17). The van der Waals surface area contributed by atoms with E-state index in [9.17, 15) is 4.79 Å². The molecule has 1 amide bonds. The molecule has 0 aromatic rings. The zero-order valence-corrected chi connectivity index (χ0v) is 11.2. The van der Waals surface area contributed by atoms with Crippen molar-refractivity contribution in [1.82, 2.24) is 5.32 Å². The first kappa shape index (κ1) is 12.9. The van der Waals surface area contributed by atoms with Crippen molar-refractivity contribution >= 4 is 5.91 Å². The molecular weight excluding hydrogens is 212 g/mol. The SMILES string of the molecule is CCC(C)(CCN)NC(=O)C1C2CCCCC21. The summed E-state index contributed by atoms with van der Waals surface area (Å²) in [6.45, 7) is 4.88. The average Bonchev–Trinajstić information content (AvgIpc) is 3.03. The van der Waals surface area contributed by atoms with Crippen molar-refractivity contribution in [2.24, 2.45) is 23.5 Å². The predicted molar refractivity (Wildman–Crippen MR) is 69.4 cm³/mol. The summed E-state index contributed by atoms with van der Waals surface area (Å²) in [4.78, 5) is 12.3. The number of carbonyl (C=O) groups excluding carboxylic acids is 1. The van der Waals surface area contributed by atoms with Crippen LogP contribution in [0.2, 0.25) is 0 Å². The molecule has 3 nitrogen and oxygen atoms in total. The molecule has 3 unspecified atom stereocenters. The highest BCUT2D eigenvalue weighted by atomic mass is 16.2. The number of carbonyl (C=O) groups is 1. The van der Waals surface area contributed by atoms with E-state index in [1.165, 1.54) is 25.7 Å². The summed E-state index contributed by atoms with van der Waals surface area (Å²) in [5.41, 5.74) is 5.52. The Morgan fingerprint density at radius 2 is 1.94 bits per heavy atom. The van der Waals surface area contributed by atoms with Gasteiger partial charge in [0.1, 0.15) is 0 Å². The Morgan fingerprint density at radius 3 is 2.41 bits per heavy atom. The third-order valence-corrected chi connectivity index (χ3v) is 4.86. The first-order valence-corrected chi connectivity index (χ1v) is 7.13. The minimum absolute atomic E-state index is 0.0996.